The van der Waals surface area contributed by atoms with Crippen LogP contribution in [0.4, 0.5) is 0 Å². The summed E-state index contributed by atoms with van der Waals surface area (Å²) in [6, 6.07) is 2.09. The van der Waals surface area contributed by atoms with Crippen molar-refractivity contribution in [3.63, 3.8) is 0 Å². The van der Waals surface area contributed by atoms with Crippen LogP contribution >= 0.6 is 0 Å². The summed E-state index contributed by atoms with van der Waals surface area (Å²) < 4.78 is 5.29. The lowest BCUT2D eigenvalue weighted by Crippen LogP contribution is -2.09. The third-order valence-corrected chi connectivity index (χ3v) is 2.91. The van der Waals surface area contributed by atoms with Crippen molar-refractivity contribution >= 4 is 0 Å². The molecule has 3 nitrogen and oxygen atoms in total. The van der Waals surface area contributed by atoms with Gasteiger partial charge in [0.2, 0.25) is 0 Å². The lowest BCUT2D eigenvalue weighted by Gasteiger charge is -2.17. The first-order chi connectivity index (χ1) is 7.35. The summed E-state index contributed by atoms with van der Waals surface area (Å²) in [6.07, 6.45) is 5.23. The number of aliphatic hydroxyl groups is 1. The highest BCUT2D eigenvalue weighted by atomic mass is 16.5. The van der Waals surface area contributed by atoms with Gasteiger partial charge in [0, 0.05) is 18.7 Å². The minimum Gasteiger partial charge on any atom is -0.495 e. The van der Waals surface area contributed by atoms with Crippen molar-refractivity contribution in [2.45, 2.75) is 32.1 Å². The SMILES string of the molecule is COc1cc2c(nc1CCO)CCCC2. The fraction of sp³-hybridized carbons (Fsp3) is 0.583. The minimum atomic E-state index is 0.127. The Balaban J connectivity index is 2.37. The van der Waals surface area contributed by atoms with Crippen LogP contribution < -0.4 is 4.74 Å². The zero-order valence-electron chi connectivity index (χ0n) is 9.12. The zero-order valence-corrected chi connectivity index (χ0v) is 9.12. The first-order valence-corrected chi connectivity index (χ1v) is 5.51. The number of hydrogen-bond acceptors (Lipinski definition) is 3. The molecule has 1 N–H and O–H groups in total. The Morgan fingerprint density at radius 1 is 1.40 bits per heavy atom. The molecular formula is C12H17NO2. The number of methoxy groups -OCH3 is 1. The summed E-state index contributed by atoms with van der Waals surface area (Å²) >= 11 is 0. The molecule has 1 aromatic rings. The number of nitrogens with zero attached hydrogens (tertiary/aromatic N) is 1. The Kier molecular flexibility index (Phi) is 3.21. The van der Waals surface area contributed by atoms with Crippen molar-refractivity contribution in [3.05, 3.63) is 23.0 Å². The Bertz CT molecular complexity index is 350. The molecule has 3 heteroatoms. The molecule has 0 aromatic carbocycles. The van der Waals surface area contributed by atoms with Crippen molar-refractivity contribution in [1.82, 2.24) is 4.98 Å². The number of aryl methyl sites for hydroxylation is 2. The minimum absolute atomic E-state index is 0.127. The van der Waals surface area contributed by atoms with E-state index in [4.69, 9.17) is 9.84 Å². The Morgan fingerprint density at radius 3 is 2.93 bits per heavy atom. The standard InChI is InChI=1S/C12H17NO2/c1-15-12-8-9-4-2-3-5-10(9)13-11(12)6-7-14/h8,14H,2-7H2,1H3. The van der Waals surface area contributed by atoms with Gasteiger partial charge in [0.25, 0.3) is 0 Å². The molecule has 0 bridgehead atoms. The van der Waals surface area contributed by atoms with E-state index in [0.717, 1.165) is 24.3 Å². The second kappa shape index (κ2) is 4.62. The van der Waals surface area contributed by atoms with E-state index in [0.29, 0.717) is 6.42 Å². The largest absolute Gasteiger partial charge is 0.495 e. The van der Waals surface area contributed by atoms with E-state index in [-0.39, 0.29) is 6.61 Å². The van der Waals surface area contributed by atoms with Crippen molar-refractivity contribution in [1.29, 1.82) is 0 Å². The summed E-state index contributed by atoms with van der Waals surface area (Å²) in [5, 5.41) is 8.95. The quantitative estimate of drug-likeness (QED) is 0.816. The fourth-order valence-corrected chi connectivity index (χ4v) is 2.12. The summed E-state index contributed by atoms with van der Waals surface area (Å²) in [5.74, 6) is 0.824. The van der Waals surface area contributed by atoms with Crippen LogP contribution in [0.15, 0.2) is 6.07 Å². The molecule has 2 rings (SSSR count). The van der Waals surface area contributed by atoms with E-state index in [9.17, 15) is 0 Å². The predicted molar refractivity (Wildman–Crippen MR) is 58.2 cm³/mol. The third-order valence-electron chi connectivity index (χ3n) is 2.91. The van der Waals surface area contributed by atoms with Gasteiger partial charge in [0.15, 0.2) is 0 Å². The first kappa shape index (κ1) is 10.4. The van der Waals surface area contributed by atoms with Gasteiger partial charge >= 0.3 is 0 Å². The smallest absolute Gasteiger partial charge is 0.140 e. The molecular weight excluding hydrogens is 190 g/mol. The highest BCUT2D eigenvalue weighted by Gasteiger charge is 2.14. The fourth-order valence-electron chi connectivity index (χ4n) is 2.12. The maximum absolute atomic E-state index is 8.95. The van der Waals surface area contributed by atoms with E-state index in [2.05, 4.69) is 11.1 Å². The topological polar surface area (TPSA) is 42.4 Å². The van der Waals surface area contributed by atoms with Crippen LogP contribution in [0.2, 0.25) is 0 Å². The first-order valence-electron chi connectivity index (χ1n) is 5.51. The average Bonchev–Trinajstić information content (AvgIpc) is 2.28. The third kappa shape index (κ3) is 2.12. The van der Waals surface area contributed by atoms with Crippen LogP contribution in [0.25, 0.3) is 0 Å². The maximum Gasteiger partial charge on any atom is 0.140 e. The highest BCUT2D eigenvalue weighted by molar-refractivity contribution is 5.37. The van der Waals surface area contributed by atoms with Gasteiger partial charge in [0.05, 0.1) is 12.8 Å². The van der Waals surface area contributed by atoms with Crippen molar-refractivity contribution in [2.75, 3.05) is 13.7 Å². The monoisotopic (exact) mass is 207 g/mol. The van der Waals surface area contributed by atoms with E-state index < -0.39 is 0 Å². The number of pyridine rings is 1. The van der Waals surface area contributed by atoms with Crippen LogP contribution in [0, 0.1) is 0 Å². The van der Waals surface area contributed by atoms with Crippen LogP contribution in [0.3, 0.4) is 0 Å². The second-order valence-corrected chi connectivity index (χ2v) is 3.92. The molecule has 15 heavy (non-hydrogen) atoms. The van der Waals surface area contributed by atoms with Crippen LogP contribution in [-0.4, -0.2) is 23.8 Å². The molecule has 0 fully saturated rings. The van der Waals surface area contributed by atoms with E-state index in [1.54, 1.807) is 7.11 Å². The van der Waals surface area contributed by atoms with E-state index in [1.807, 2.05) is 0 Å². The van der Waals surface area contributed by atoms with E-state index >= 15 is 0 Å². The lowest BCUT2D eigenvalue weighted by molar-refractivity contribution is 0.294. The molecule has 1 heterocycles. The van der Waals surface area contributed by atoms with Crippen molar-refractivity contribution in [2.24, 2.45) is 0 Å². The summed E-state index contributed by atoms with van der Waals surface area (Å²) in [7, 11) is 1.66. The Hall–Kier alpha value is -1.09. The highest BCUT2D eigenvalue weighted by Crippen LogP contribution is 2.26. The van der Waals surface area contributed by atoms with Gasteiger partial charge in [-0.05, 0) is 37.3 Å². The number of hydrogen-bond donors (Lipinski definition) is 1. The molecule has 0 spiro atoms. The maximum atomic E-state index is 8.95. The molecule has 1 aliphatic rings. The number of fused-ring (bicyclic) bond motifs is 1. The van der Waals surface area contributed by atoms with Crippen LogP contribution in [0.5, 0.6) is 5.75 Å². The van der Waals surface area contributed by atoms with Gasteiger partial charge in [0.1, 0.15) is 5.75 Å². The normalized spacial score (nSPS) is 14.8. The Morgan fingerprint density at radius 2 is 2.20 bits per heavy atom. The van der Waals surface area contributed by atoms with Gasteiger partial charge in [-0.1, -0.05) is 0 Å². The lowest BCUT2D eigenvalue weighted by atomic mass is 9.95. The van der Waals surface area contributed by atoms with Crippen molar-refractivity contribution < 1.29 is 9.84 Å². The summed E-state index contributed by atoms with van der Waals surface area (Å²) in [4.78, 5) is 4.59. The van der Waals surface area contributed by atoms with E-state index in [1.165, 1.54) is 24.1 Å². The van der Waals surface area contributed by atoms with Gasteiger partial charge in [-0.25, -0.2) is 0 Å². The summed E-state index contributed by atoms with van der Waals surface area (Å²) in [6.45, 7) is 0.127. The van der Waals surface area contributed by atoms with Gasteiger partial charge in [-0.2, -0.15) is 0 Å². The molecule has 0 saturated heterocycles. The second-order valence-electron chi connectivity index (χ2n) is 3.92. The van der Waals surface area contributed by atoms with Gasteiger partial charge < -0.3 is 9.84 Å². The molecule has 0 saturated carbocycles. The summed E-state index contributed by atoms with van der Waals surface area (Å²) in [5.41, 5.74) is 3.41. The predicted octanol–water partition coefficient (Wildman–Crippen LogP) is 1.50. The van der Waals surface area contributed by atoms with Gasteiger partial charge in [-0.3, -0.25) is 4.98 Å². The molecule has 1 aliphatic carbocycles. The number of aromatic nitrogens is 1. The molecule has 0 aliphatic heterocycles. The Labute approximate surface area is 90.1 Å². The van der Waals surface area contributed by atoms with Crippen molar-refractivity contribution in [3.8, 4) is 5.75 Å². The van der Waals surface area contributed by atoms with Gasteiger partial charge in [-0.15, -0.1) is 0 Å². The molecule has 0 radical (unpaired) electrons. The van der Waals surface area contributed by atoms with Crippen LogP contribution in [0.1, 0.15) is 29.8 Å². The molecule has 0 atom stereocenters. The molecule has 82 valence electrons. The zero-order chi connectivity index (χ0) is 10.7. The molecule has 0 unspecified atom stereocenters. The average molecular weight is 207 g/mol. The number of ether oxygens (including phenoxy) is 1. The number of aliphatic hydroxyl groups excluding tert-OH is 1. The number of rotatable bonds is 3. The molecule has 1 aromatic heterocycles. The van der Waals surface area contributed by atoms with Crippen LogP contribution in [-0.2, 0) is 19.3 Å². The molecule has 0 amide bonds.